The van der Waals surface area contributed by atoms with Gasteiger partial charge in [-0.15, -0.1) is 0 Å². The highest BCUT2D eigenvalue weighted by Crippen LogP contribution is 2.37. The predicted octanol–water partition coefficient (Wildman–Crippen LogP) is 5.67. The van der Waals surface area contributed by atoms with Crippen molar-refractivity contribution >= 4 is 11.4 Å². The molecule has 1 aromatic carbocycles. The Kier molecular flexibility index (Phi) is 10.3. The minimum absolute atomic E-state index is 0.0804. The van der Waals surface area contributed by atoms with Gasteiger partial charge in [0.1, 0.15) is 11.6 Å². The van der Waals surface area contributed by atoms with E-state index in [-0.39, 0.29) is 5.56 Å². The summed E-state index contributed by atoms with van der Waals surface area (Å²) in [4.78, 5) is 24.5. The van der Waals surface area contributed by atoms with Gasteiger partial charge in [-0.05, 0) is 75.4 Å². The number of pyridine rings is 1. The molecule has 240 valence electrons. The number of likely N-dealkylation sites (tertiary alicyclic amines) is 1. The highest BCUT2D eigenvalue weighted by Gasteiger charge is 2.35. The van der Waals surface area contributed by atoms with Crippen LogP contribution in [-0.2, 0) is 0 Å². The highest BCUT2D eigenvalue weighted by atomic mass is 19.3. The average Bonchev–Trinajstić information content (AvgIpc) is 3.34. The quantitative estimate of drug-likeness (QED) is 0.286. The van der Waals surface area contributed by atoms with E-state index < -0.39 is 30.7 Å². The second-order valence-corrected chi connectivity index (χ2v) is 13.1. The molecular weight excluding hydrogens is 565 g/mol. The third-order valence-electron chi connectivity index (χ3n) is 9.37. The van der Waals surface area contributed by atoms with Crippen LogP contribution in [0.5, 0.6) is 0 Å². The van der Waals surface area contributed by atoms with Crippen molar-refractivity contribution in [3.63, 3.8) is 0 Å². The number of piperazine rings is 1. The summed E-state index contributed by atoms with van der Waals surface area (Å²) in [6, 6.07) is 6.22. The molecule has 2 aliphatic heterocycles. The second-order valence-electron chi connectivity index (χ2n) is 13.1. The number of rotatable bonds is 12. The van der Waals surface area contributed by atoms with Gasteiger partial charge in [0.15, 0.2) is 0 Å². The Labute approximate surface area is 259 Å². The molecule has 2 aromatic heterocycles. The van der Waals surface area contributed by atoms with Crippen LogP contribution < -0.4 is 5.32 Å². The van der Waals surface area contributed by atoms with Crippen molar-refractivity contribution in [2.45, 2.75) is 71.9 Å². The molecule has 2 fully saturated rings. The van der Waals surface area contributed by atoms with Gasteiger partial charge in [-0.1, -0.05) is 19.9 Å². The monoisotopic (exact) mass is 612 g/mol. The first-order valence-electron chi connectivity index (χ1n) is 16.1. The van der Waals surface area contributed by atoms with Crippen LogP contribution in [0.2, 0.25) is 0 Å². The molecule has 0 radical (unpaired) electrons. The van der Waals surface area contributed by atoms with Gasteiger partial charge in [0.05, 0.1) is 23.8 Å². The van der Waals surface area contributed by atoms with Crippen molar-refractivity contribution in [2.24, 2.45) is 5.92 Å². The topological polar surface area (TPSA) is 56.1 Å². The molecule has 2 aliphatic rings. The zero-order valence-electron chi connectivity index (χ0n) is 26.7. The molecule has 0 spiro atoms. The van der Waals surface area contributed by atoms with Crippen molar-refractivity contribution in [3.05, 3.63) is 59.4 Å². The minimum atomic E-state index is -2.69. The summed E-state index contributed by atoms with van der Waals surface area (Å²) in [5.41, 5.74) is 3.27. The van der Waals surface area contributed by atoms with E-state index in [1.807, 2.05) is 11.3 Å². The molecule has 44 heavy (non-hydrogen) atoms. The Bertz CT molecular complexity index is 1430. The van der Waals surface area contributed by atoms with Crippen LogP contribution in [0.4, 0.5) is 13.2 Å². The van der Waals surface area contributed by atoms with Gasteiger partial charge in [0.25, 0.3) is 12.3 Å². The lowest BCUT2D eigenvalue weighted by molar-refractivity contribution is 0.0476. The fraction of sp³-hybridized carbons (Fsp3) is 0.588. The fourth-order valence-electron chi connectivity index (χ4n) is 6.83. The number of benzene rings is 1. The van der Waals surface area contributed by atoms with Gasteiger partial charge in [0.2, 0.25) is 0 Å². The van der Waals surface area contributed by atoms with Gasteiger partial charge < -0.3 is 19.5 Å². The molecule has 1 atom stereocenters. The van der Waals surface area contributed by atoms with Crippen molar-refractivity contribution in [2.75, 3.05) is 52.4 Å². The van der Waals surface area contributed by atoms with Crippen LogP contribution >= 0.6 is 0 Å². The number of carbonyl (C=O) groups excluding carboxylic acids is 1. The molecule has 0 aliphatic carbocycles. The zero-order valence-corrected chi connectivity index (χ0v) is 26.7. The number of halogens is 3. The van der Waals surface area contributed by atoms with Gasteiger partial charge in [0, 0.05) is 69.0 Å². The van der Waals surface area contributed by atoms with Gasteiger partial charge in [-0.2, -0.15) is 0 Å². The second kappa shape index (κ2) is 14.0. The predicted molar refractivity (Wildman–Crippen MR) is 169 cm³/mol. The fourth-order valence-corrected chi connectivity index (χ4v) is 6.83. The molecule has 7 nitrogen and oxygen atoms in total. The molecule has 1 N–H and O–H groups in total. The minimum Gasteiger partial charge on any atom is -0.330 e. The summed E-state index contributed by atoms with van der Waals surface area (Å²) in [5.74, 6) is 0.479. The number of carbonyl (C=O) groups is 1. The van der Waals surface area contributed by atoms with Crippen LogP contribution in [-0.4, -0.2) is 101 Å². The standard InChI is InChI=1S/C34H47F3N6O/c1-22(2)31(7-6-12-40-13-10-38-11-14-40)41-18-26(19-41)25-15-29(32-17-39-24(5)43(32)20-25)28-9-8-27(35)16-30(28)34(44)42(23(3)4)21-33(36)37/h8-9,15-17,20,22-23,26,31,33,38H,6-7,10-14,18-19,21H2,1-5H3/t31-/m0/s1. The number of fused-ring (bicyclic) bond motifs is 1. The number of alkyl halides is 2. The van der Waals surface area contributed by atoms with Crippen LogP contribution in [0.25, 0.3) is 16.6 Å². The maximum absolute atomic E-state index is 14.6. The van der Waals surface area contributed by atoms with E-state index in [4.69, 9.17) is 0 Å². The maximum Gasteiger partial charge on any atom is 0.255 e. The first kappa shape index (κ1) is 32.4. The maximum atomic E-state index is 14.6. The zero-order chi connectivity index (χ0) is 31.5. The Morgan fingerprint density at radius 1 is 1.09 bits per heavy atom. The van der Waals surface area contributed by atoms with E-state index in [0.29, 0.717) is 23.4 Å². The number of aryl methyl sites for hydroxylation is 1. The SMILES string of the molecule is Cc1ncc2c(-c3ccc(F)cc3C(=O)N(CC(F)F)C(C)C)cc(C3CN([C@@H](CCCN4CCNCC4)C(C)C)C3)cn12. The van der Waals surface area contributed by atoms with Crippen LogP contribution in [0, 0.1) is 18.7 Å². The van der Waals surface area contributed by atoms with E-state index >= 15 is 0 Å². The molecule has 0 saturated carbocycles. The third kappa shape index (κ3) is 7.13. The molecule has 3 aromatic rings. The summed E-state index contributed by atoms with van der Waals surface area (Å²) in [7, 11) is 0. The molecule has 0 bridgehead atoms. The van der Waals surface area contributed by atoms with Crippen molar-refractivity contribution < 1.29 is 18.0 Å². The average molecular weight is 613 g/mol. The number of nitrogens with one attached hydrogen (secondary N) is 1. The lowest BCUT2D eigenvalue weighted by Crippen LogP contribution is -2.52. The Hall–Kier alpha value is -2.95. The Balaban J connectivity index is 1.40. The van der Waals surface area contributed by atoms with E-state index in [2.05, 4.69) is 46.2 Å². The first-order valence-corrected chi connectivity index (χ1v) is 16.1. The van der Waals surface area contributed by atoms with E-state index in [1.165, 1.54) is 25.0 Å². The number of amides is 1. The number of aromatic nitrogens is 2. The lowest BCUT2D eigenvalue weighted by Gasteiger charge is -2.46. The van der Waals surface area contributed by atoms with Crippen molar-refractivity contribution in [1.82, 2.24) is 29.4 Å². The normalized spacial score (nSPS) is 17.6. The van der Waals surface area contributed by atoms with E-state index in [0.717, 1.165) is 73.2 Å². The van der Waals surface area contributed by atoms with E-state index in [1.54, 1.807) is 26.1 Å². The molecule has 5 rings (SSSR count). The summed E-state index contributed by atoms with van der Waals surface area (Å²) in [5, 5.41) is 3.42. The molecule has 10 heteroatoms. The third-order valence-corrected chi connectivity index (χ3v) is 9.37. The van der Waals surface area contributed by atoms with Crippen molar-refractivity contribution in [1.29, 1.82) is 0 Å². The largest absolute Gasteiger partial charge is 0.330 e. The number of hydrogen-bond acceptors (Lipinski definition) is 5. The summed E-state index contributed by atoms with van der Waals surface area (Å²) in [6.07, 6.45) is 3.55. The van der Waals surface area contributed by atoms with Gasteiger partial charge in [-0.3, -0.25) is 9.69 Å². The first-order chi connectivity index (χ1) is 21.0. The summed E-state index contributed by atoms with van der Waals surface area (Å²) >= 11 is 0. The lowest BCUT2D eigenvalue weighted by atomic mass is 9.85. The number of imidazole rings is 1. The number of hydrogen-bond donors (Lipinski definition) is 1. The molecule has 2 saturated heterocycles. The summed E-state index contributed by atoms with van der Waals surface area (Å²) in [6.45, 7) is 16.6. The Morgan fingerprint density at radius 3 is 2.48 bits per heavy atom. The number of nitrogens with zero attached hydrogens (tertiary/aromatic N) is 5. The molecule has 4 heterocycles. The highest BCUT2D eigenvalue weighted by molar-refractivity contribution is 6.03. The Morgan fingerprint density at radius 2 is 1.82 bits per heavy atom. The van der Waals surface area contributed by atoms with Crippen LogP contribution in [0.1, 0.15) is 68.2 Å². The smallest absolute Gasteiger partial charge is 0.255 e. The van der Waals surface area contributed by atoms with Gasteiger partial charge >= 0.3 is 0 Å². The summed E-state index contributed by atoms with van der Waals surface area (Å²) < 4.78 is 43.4. The van der Waals surface area contributed by atoms with Crippen LogP contribution in [0.15, 0.2) is 36.7 Å². The molecule has 0 unspecified atom stereocenters. The van der Waals surface area contributed by atoms with Crippen LogP contribution in [0.3, 0.4) is 0 Å². The molecular formula is C34H47F3N6O. The van der Waals surface area contributed by atoms with E-state index in [9.17, 15) is 18.0 Å². The van der Waals surface area contributed by atoms with Gasteiger partial charge in [-0.25, -0.2) is 18.2 Å². The molecule has 1 amide bonds. The van der Waals surface area contributed by atoms with Crippen molar-refractivity contribution in [3.8, 4) is 11.1 Å².